The molecule has 2 aromatic rings. The molecule has 0 spiro atoms. The highest BCUT2D eigenvalue weighted by Crippen LogP contribution is 2.32. The number of fused-ring (bicyclic) bond motifs is 2. The van der Waals surface area contributed by atoms with E-state index in [-0.39, 0.29) is 5.92 Å². The second kappa shape index (κ2) is 2.59. The number of benzene rings is 1. The summed E-state index contributed by atoms with van der Waals surface area (Å²) in [5.41, 5.74) is 2.16. The average molecular weight is 202 g/mol. The van der Waals surface area contributed by atoms with Crippen LogP contribution in [0.1, 0.15) is 24.2 Å². The highest BCUT2D eigenvalue weighted by atomic mass is 16.5. The second-order valence-electron chi connectivity index (χ2n) is 4.01. The third-order valence-electron chi connectivity index (χ3n) is 3.05. The molecule has 1 unspecified atom stereocenters. The Morgan fingerprint density at radius 3 is 2.93 bits per heavy atom. The number of aromatic nitrogens is 2. The van der Waals surface area contributed by atoms with Crippen LogP contribution in [0.5, 0.6) is 0 Å². The zero-order chi connectivity index (χ0) is 10.6. The molecule has 1 atom stereocenters. The fraction of sp³-hybridized carbons (Fsp3) is 0.273. The van der Waals surface area contributed by atoms with Crippen molar-refractivity contribution in [2.24, 2.45) is 0 Å². The molecule has 4 nitrogen and oxygen atoms in total. The van der Waals surface area contributed by atoms with Gasteiger partial charge in [0.15, 0.2) is 0 Å². The molecular weight excluding hydrogens is 192 g/mol. The van der Waals surface area contributed by atoms with Crippen molar-refractivity contribution in [2.45, 2.75) is 19.3 Å². The number of nitrogens with zero attached hydrogens (tertiary/aromatic N) is 2. The molecule has 76 valence electrons. The molecule has 0 fully saturated rings. The van der Waals surface area contributed by atoms with Crippen molar-refractivity contribution in [3.05, 3.63) is 45.8 Å². The maximum absolute atomic E-state index is 11.9. The molecule has 0 bridgehead atoms. The smallest absolute Gasteiger partial charge is 0.286 e. The van der Waals surface area contributed by atoms with Gasteiger partial charge in [0, 0.05) is 17.4 Å². The summed E-state index contributed by atoms with van der Waals surface area (Å²) >= 11 is 0. The Balaban J connectivity index is 2.55. The highest BCUT2D eigenvalue weighted by molar-refractivity contribution is 5.72. The van der Waals surface area contributed by atoms with Gasteiger partial charge in [0.1, 0.15) is 5.52 Å². The molecule has 0 radical (unpaired) electrons. The fourth-order valence-electron chi connectivity index (χ4n) is 2.23. The lowest BCUT2D eigenvalue weighted by Crippen LogP contribution is -2.36. The molecule has 1 heterocycles. The van der Waals surface area contributed by atoms with Gasteiger partial charge >= 0.3 is 0 Å². The molecule has 0 aliphatic heterocycles. The Bertz CT molecular complexity index is 616. The van der Waals surface area contributed by atoms with Crippen LogP contribution in [0.3, 0.4) is 0 Å². The van der Waals surface area contributed by atoms with E-state index in [9.17, 15) is 10.1 Å². The normalized spacial score (nSPS) is 18.6. The van der Waals surface area contributed by atoms with Crippen LogP contribution >= 0.6 is 0 Å². The van der Waals surface area contributed by atoms with Crippen molar-refractivity contribution >= 4 is 11.0 Å². The van der Waals surface area contributed by atoms with Gasteiger partial charge in [-0.25, -0.2) is 0 Å². The zero-order valence-corrected chi connectivity index (χ0v) is 8.30. The summed E-state index contributed by atoms with van der Waals surface area (Å²) < 4.78 is 1.78. The molecule has 1 aromatic heterocycles. The first-order chi connectivity index (χ1) is 7.20. The molecule has 0 saturated carbocycles. The van der Waals surface area contributed by atoms with Crippen LogP contribution in [0.4, 0.5) is 0 Å². The largest absolute Gasteiger partial charge is 0.805 e. The molecule has 4 heteroatoms. The molecule has 15 heavy (non-hydrogen) atoms. The summed E-state index contributed by atoms with van der Waals surface area (Å²) in [7, 11) is 0. The number of hydrogen-bond donors (Lipinski definition) is 0. The van der Waals surface area contributed by atoms with Crippen LogP contribution in [0.2, 0.25) is 0 Å². The molecule has 1 aliphatic carbocycles. The SMILES string of the molecule is CC1Cc2c1[n+](=O)c1ccccc1n2[O-]. The van der Waals surface area contributed by atoms with E-state index in [1.54, 1.807) is 24.3 Å². The lowest BCUT2D eigenvalue weighted by Gasteiger charge is -2.27. The fourth-order valence-corrected chi connectivity index (χ4v) is 2.23. The van der Waals surface area contributed by atoms with E-state index in [1.807, 2.05) is 6.92 Å². The average Bonchev–Trinajstić information content (AvgIpc) is 2.23. The highest BCUT2D eigenvalue weighted by Gasteiger charge is 2.36. The van der Waals surface area contributed by atoms with Gasteiger partial charge < -0.3 is 9.94 Å². The van der Waals surface area contributed by atoms with Crippen LogP contribution < -0.4 is 4.43 Å². The molecule has 0 amide bonds. The van der Waals surface area contributed by atoms with Crippen molar-refractivity contribution in [1.82, 2.24) is 4.73 Å². The third-order valence-corrected chi connectivity index (χ3v) is 3.05. The van der Waals surface area contributed by atoms with Crippen LogP contribution in [0.15, 0.2) is 24.3 Å². The first-order valence-electron chi connectivity index (χ1n) is 4.96. The molecule has 3 rings (SSSR count). The van der Waals surface area contributed by atoms with E-state index in [1.165, 1.54) is 0 Å². The Hall–Kier alpha value is -1.84. The Morgan fingerprint density at radius 2 is 2.20 bits per heavy atom. The summed E-state index contributed by atoms with van der Waals surface area (Å²) in [6, 6.07) is 6.90. The second-order valence-corrected chi connectivity index (χ2v) is 4.01. The minimum absolute atomic E-state index is 0.197. The van der Waals surface area contributed by atoms with E-state index >= 15 is 0 Å². The Morgan fingerprint density at radius 1 is 1.47 bits per heavy atom. The predicted octanol–water partition coefficient (Wildman–Crippen LogP) is 1.56. The quantitative estimate of drug-likeness (QED) is 0.609. The molecule has 0 saturated heterocycles. The van der Waals surface area contributed by atoms with E-state index in [2.05, 4.69) is 0 Å². The van der Waals surface area contributed by atoms with Crippen LogP contribution in [0, 0.1) is 10.1 Å². The summed E-state index contributed by atoms with van der Waals surface area (Å²) in [6.07, 6.45) is 0.700. The van der Waals surface area contributed by atoms with Crippen molar-refractivity contribution < 1.29 is 4.43 Å². The maximum Gasteiger partial charge on any atom is 0.286 e. The van der Waals surface area contributed by atoms with Crippen LogP contribution in [-0.4, -0.2) is 4.73 Å². The molecule has 1 aromatic carbocycles. The first-order valence-corrected chi connectivity index (χ1v) is 4.96. The van der Waals surface area contributed by atoms with Crippen molar-refractivity contribution in [3.8, 4) is 0 Å². The minimum Gasteiger partial charge on any atom is -0.805 e. The first kappa shape index (κ1) is 8.47. The zero-order valence-electron chi connectivity index (χ0n) is 8.30. The maximum atomic E-state index is 11.9. The number of rotatable bonds is 0. The minimum atomic E-state index is 0.197. The predicted molar refractivity (Wildman–Crippen MR) is 56.2 cm³/mol. The Labute approximate surface area is 86.0 Å². The van der Waals surface area contributed by atoms with Gasteiger partial charge in [-0.15, -0.1) is 0 Å². The van der Waals surface area contributed by atoms with Crippen molar-refractivity contribution in [3.63, 3.8) is 0 Å². The standard InChI is InChI=1S/C11H10N2O2/c1-7-6-10-11(7)13(15)9-5-3-2-4-8(9)12(10)14/h2-5,7H,6H2,1H3. The number of hydrogen-bond acceptors (Lipinski definition) is 2. The van der Waals surface area contributed by atoms with Crippen LogP contribution in [-0.2, 0) is 6.42 Å². The summed E-state index contributed by atoms with van der Waals surface area (Å²) in [5.74, 6) is 0.197. The van der Waals surface area contributed by atoms with E-state index in [4.69, 9.17) is 0 Å². The van der Waals surface area contributed by atoms with Gasteiger partial charge in [0.25, 0.3) is 11.2 Å². The summed E-state index contributed by atoms with van der Waals surface area (Å²) in [6.45, 7) is 1.96. The van der Waals surface area contributed by atoms with Crippen molar-refractivity contribution in [2.75, 3.05) is 0 Å². The van der Waals surface area contributed by atoms with Gasteiger partial charge in [0.05, 0.1) is 16.0 Å². The van der Waals surface area contributed by atoms with Gasteiger partial charge in [-0.1, -0.05) is 19.1 Å². The molecule has 0 N–H and O–H groups in total. The third kappa shape index (κ3) is 0.909. The number of para-hydroxylation sites is 2. The van der Waals surface area contributed by atoms with Gasteiger partial charge in [-0.3, -0.25) is 0 Å². The lowest BCUT2D eigenvalue weighted by molar-refractivity contribution is -0.481. The van der Waals surface area contributed by atoms with Gasteiger partial charge in [0.2, 0.25) is 0 Å². The Kier molecular flexibility index (Phi) is 1.46. The lowest BCUT2D eigenvalue weighted by atomic mass is 9.87. The van der Waals surface area contributed by atoms with E-state index in [0.717, 1.165) is 9.16 Å². The van der Waals surface area contributed by atoms with E-state index in [0.29, 0.717) is 28.8 Å². The monoisotopic (exact) mass is 202 g/mol. The van der Waals surface area contributed by atoms with Gasteiger partial charge in [-0.2, -0.15) is 0 Å². The summed E-state index contributed by atoms with van der Waals surface area (Å²) in [4.78, 5) is 11.9. The molecule has 1 aliphatic rings. The van der Waals surface area contributed by atoms with Gasteiger partial charge in [-0.05, 0) is 6.07 Å². The summed E-state index contributed by atoms with van der Waals surface area (Å²) in [5, 5.41) is 11.9. The van der Waals surface area contributed by atoms with E-state index < -0.39 is 0 Å². The van der Waals surface area contributed by atoms with Crippen LogP contribution in [0.25, 0.3) is 11.0 Å². The van der Waals surface area contributed by atoms with Crippen molar-refractivity contribution in [1.29, 1.82) is 0 Å². The topological polar surface area (TPSA) is 51.0 Å². The molecular formula is C11H10N2O2.